The predicted molar refractivity (Wildman–Crippen MR) is 124 cm³/mol. The Morgan fingerprint density at radius 1 is 1.07 bits per heavy atom. The van der Waals surface area contributed by atoms with Crippen molar-refractivity contribution < 1.29 is 9.47 Å². The van der Waals surface area contributed by atoms with Gasteiger partial charge in [-0.3, -0.25) is 0 Å². The first-order chi connectivity index (χ1) is 13.2. The first-order valence-electron chi connectivity index (χ1n) is 10.1. The molecule has 0 unspecified atom stereocenters. The quantitative estimate of drug-likeness (QED) is 0.245. The highest BCUT2D eigenvalue weighted by molar-refractivity contribution is 14.0. The van der Waals surface area contributed by atoms with Gasteiger partial charge < -0.3 is 29.9 Å². The maximum absolute atomic E-state index is 5.43. The highest BCUT2D eigenvalue weighted by Gasteiger charge is 2.13. The molecule has 0 saturated carbocycles. The molecule has 0 atom stereocenters. The lowest BCUT2D eigenvalue weighted by Gasteiger charge is -2.32. The van der Waals surface area contributed by atoms with Crippen molar-refractivity contribution in [3.05, 3.63) is 23.8 Å². The second kappa shape index (κ2) is 12.3. The van der Waals surface area contributed by atoms with Crippen molar-refractivity contribution in [2.45, 2.75) is 26.3 Å². The van der Waals surface area contributed by atoms with Gasteiger partial charge in [0, 0.05) is 39.3 Å². The molecule has 0 amide bonds. The van der Waals surface area contributed by atoms with E-state index < -0.39 is 0 Å². The van der Waals surface area contributed by atoms with Crippen LogP contribution < -0.4 is 20.1 Å². The summed E-state index contributed by atoms with van der Waals surface area (Å²) in [4.78, 5) is 9.66. The number of unbranched alkanes of at least 4 members (excludes halogenated alkanes) is 1. The van der Waals surface area contributed by atoms with E-state index in [-0.39, 0.29) is 24.0 Å². The van der Waals surface area contributed by atoms with Crippen LogP contribution >= 0.6 is 24.0 Å². The number of likely N-dealkylation sites (N-methyl/N-ethyl adjacent to an activating group) is 1. The van der Waals surface area contributed by atoms with Gasteiger partial charge in [0.25, 0.3) is 0 Å². The molecular weight excluding hydrogens is 469 g/mol. The molecule has 1 fully saturated rings. The maximum Gasteiger partial charge on any atom is 0.231 e. The Balaban J connectivity index is 0.00000280. The zero-order valence-electron chi connectivity index (χ0n) is 17.1. The summed E-state index contributed by atoms with van der Waals surface area (Å²) in [5.74, 6) is 2.49. The van der Waals surface area contributed by atoms with E-state index in [1.165, 1.54) is 39.1 Å². The molecule has 0 aliphatic carbocycles. The molecule has 1 aromatic carbocycles. The van der Waals surface area contributed by atoms with Gasteiger partial charge in [0.1, 0.15) is 0 Å². The smallest absolute Gasteiger partial charge is 0.231 e. The van der Waals surface area contributed by atoms with Crippen LogP contribution in [-0.4, -0.2) is 75.4 Å². The average molecular weight is 503 g/mol. The number of fused-ring (bicyclic) bond motifs is 1. The van der Waals surface area contributed by atoms with Crippen LogP contribution in [0.2, 0.25) is 0 Å². The van der Waals surface area contributed by atoms with Gasteiger partial charge >= 0.3 is 0 Å². The average Bonchev–Trinajstić information content (AvgIpc) is 3.15. The van der Waals surface area contributed by atoms with E-state index in [1.54, 1.807) is 0 Å². The van der Waals surface area contributed by atoms with Crippen molar-refractivity contribution in [1.82, 2.24) is 20.4 Å². The third-order valence-electron chi connectivity index (χ3n) is 4.99. The zero-order chi connectivity index (χ0) is 18.9. The molecule has 0 bridgehead atoms. The summed E-state index contributed by atoms with van der Waals surface area (Å²) < 4.78 is 10.8. The van der Waals surface area contributed by atoms with E-state index in [1.807, 2.05) is 18.2 Å². The van der Waals surface area contributed by atoms with E-state index in [2.05, 4.69) is 39.4 Å². The van der Waals surface area contributed by atoms with Gasteiger partial charge in [-0.25, -0.2) is 4.99 Å². The lowest BCUT2D eigenvalue weighted by atomic mass is 10.2. The predicted octanol–water partition coefficient (Wildman–Crippen LogP) is 2.12. The molecule has 7 nitrogen and oxygen atoms in total. The molecule has 0 spiro atoms. The number of ether oxygens (including phenoxy) is 2. The van der Waals surface area contributed by atoms with E-state index >= 15 is 0 Å². The first kappa shape index (κ1) is 23.0. The van der Waals surface area contributed by atoms with Gasteiger partial charge in [0.15, 0.2) is 17.5 Å². The van der Waals surface area contributed by atoms with E-state index in [0.29, 0.717) is 13.3 Å². The first-order valence-corrected chi connectivity index (χ1v) is 10.1. The van der Waals surface area contributed by atoms with Crippen LogP contribution in [0.15, 0.2) is 23.2 Å². The van der Waals surface area contributed by atoms with Crippen LogP contribution in [0.4, 0.5) is 0 Å². The van der Waals surface area contributed by atoms with Crippen LogP contribution in [-0.2, 0) is 6.54 Å². The summed E-state index contributed by atoms with van der Waals surface area (Å²) in [6, 6.07) is 5.99. The van der Waals surface area contributed by atoms with Crippen molar-refractivity contribution in [3.8, 4) is 11.5 Å². The lowest BCUT2D eigenvalue weighted by molar-refractivity contribution is 0.152. The number of hydrogen-bond acceptors (Lipinski definition) is 5. The van der Waals surface area contributed by atoms with Crippen molar-refractivity contribution in [2.24, 2.45) is 4.99 Å². The number of hydrogen-bond donors (Lipinski definition) is 2. The zero-order valence-corrected chi connectivity index (χ0v) is 19.4. The van der Waals surface area contributed by atoms with E-state index in [9.17, 15) is 0 Å². The molecule has 1 aromatic rings. The van der Waals surface area contributed by atoms with Gasteiger partial charge in [-0.15, -0.1) is 24.0 Å². The van der Waals surface area contributed by atoms with E-state index in [4.69, 9.17) is 9.47 Å². The Bertz CT molecular complexity index is 621. The summed E-state index contributed by atoms with van der Waals surface area (Å²) in [5, 5.41) is 6.76. The molecule has 0 radical (unpaired) electrons. The normalized spacial score (nSPS) is 17.3. The van der Waals surface area contributed by atoms with Crippen LogP contribution in [0, 0.1) is 0 Å². The minimum absolute atomic E-state index is 0. The highest BCUT2D eigenvalue weighted by atomic mass is 127. The van der Waals surface area contributed by atoms with Crippen LogP contribution in [0.25, 0.3) is 0 Å². The largest absolute Gasteiger partial charge is 0.454 e. The van der Waals surface area contributed by atoms with Crippen molar-refractivity contribution in [2.75, 3.05) is 59.7 Å². The Morgan fingerprint density at radius 2 is 1.86 bits per heavy atom. The molecule has 2 heterocycles. The van der Waals surface area contributed by atoms with Gasteiger partial charge in [-0.1, -0.05) is 6.07 Å². The van der Waals surface area contributed by atoms with Crippen LogP contribution in [0.3, 0.4) is 0 Å². The molecule has 3 rings (SSSR count). The Morgan fingerprint density at radius 3 is 2.64 bits per heavy atom. The molecular formula is C20H34IN5O2. The number of guanidine groups is 1. The third kappa shape index (κ3) is 7.29. The van der Waals surface area contributed by atoms with Gasteiger partial charge in [0.05, 0.1) is 6.54 Å². The SMILES string of the molecule is CCNC(=NCc1ccc2c(c1)OCO2)NCCCCN1CCN(C)CC1.I. The van der Waals surface area contributed by atoms with Crippen molar-refractivity contribution in [1.29, 1.82) is 0 Å². The number of nitrogens with one attached hydrogen (secondary N) is 2. The topological polar surface area (TPSA) is 61.4 Å². The number of piperazine rings is 1. The van der Waals surface area contributed by atoms with Crippen LogP contribution in [0.1, 0.15) is 25.3 Å². The minimum Gasteiger partial charge on any atom is -0.454 e. The maximum atomic E-state index is 5.43. The Kier molecular flexibility index (Phi) is 10.1. The van der Waals surface area contributed by atoms with E-state index in [0.717, 1.165) is 42.5 Å². The lowest BCUT2D eigenvalue weighted by Crippen LogP contribution is -2.44. The molecule has 28 heavy (non-hydrogen) atoms. The summed E-state index contributed by atoms with van der Waals surface area (Å²) in [6.07, 6.45) is 2.37. The molecule has 0 aromatic heterocycles. The number of aliphatic imine (C=N–C) groups is 1. The summed E-state index contributed by atoms with van der Waals surface area (Å²) in [5.41, 5.74) is 1.12. The second-order valence-electron chi connectivity index (χ2n) is 7.16. The van der Waals surface area contributed by atoms with Crippen molar-refractivity contribution >= 4 is 29.9 Å². The second-order valence-corrected chi connectivity index (χ2v) is 7.16. The van der Waals surface area contributed by atoms with Gasteiger partial charge in [-0.2, -0.15) is 0 Å². The Labute approximate surface area is 185 Å². The molecule has 1 saturated heterocycles. The number of nitrogens with zero attached hydrogens (tertiary/aromatic N) is 3. The molecule has 8 heteroatoms. The summed E-state index contributed by atoms with van der Waals surface area (Å²) in [6.45, 7) is 10.8. The standard InChI is InChI=1S/C20H33N5O2.HI/c1-3-21-20(22-8-4-5-9-25-12-10-24(2)11-13-25)23-15-17-6-7-18-19(14-17)27-16-26-18;/h6-7,14H,3-5,8-13,15-16H2,1-2H3,(H2,21,22,23);1H. The highest BCUT2D eigenvalue weighted by Crippen LogP contribution is 2.32. The number of rotatable bonds is 8. The van der Waals surface area contributed by atoms with Crippen LogP contribution in [0.5, 0.6) is 11.5 Å². The van der Waals surface area contributed by atoms with Crippen molar-refractivity contribution in [3.63, 3.8) is 0 Å². The summed E-state index contributed by atoms with van der Waals surface area (Å²) in [7, 11) is 2.20. The van der Waals surface area contributed by atoms with Gasteiger partial charge in [-0.05, 0) is 51.1 Å². The fourth-order valence-electron chi connectivity index (χ4n) is 3.29. The van der Waals surface area contributed by atoms with Gasteiger partial charge in [0.2, 0.25) is 6.79 Å². The fourth-order valence-corrected chi connectivity index (χ4v) is 3.29. The summed E-state index contributed by atoms with van der Waals surface area (Å²) >= 11 is 0. The molecule has 2 aliphatic heterocycles. The molecule has 158 valence electrons. The number of halogens is 1. The monoisotopic (exact) mass is 503 g/mol. The third-order valence-corrected chi connectivity index (χ3v) is 4.99. The molecule has 2 N–H and O–H groups in total. The molecule has 2 aliphatic rings. The fraction of sp³-hybridized carbons (Fsp3) is 0.650. The minimum atomic E-state index is 0. The Hall–Kier alpha value is -1.26. The number of benzene rings is 1.